The van der Waals surface area contributed by atoms with Crippen molar-refractivity contribution >= 4 is 50.7 Å². The Morgan fingerprint density at radius 1 is 1.21 bits per heavy atom. The SMILES string of the molecule is COC(=O)c1sc2ncc(C(=O)/C=C/c3csc(-c4ccccn4)n3)cc2c1C. The lowest BCUT2D eigenvalue weighted by Crippen LogP contribution is -1.99. The number of thiophene rings is 1. The standard InChI is InChI=1S/C21H15N3O3S2/c1-12-15-9-13(10-23-19(15)29-18(12)21(26)27-2)17(25)7-6-14-11-28-20(24-14)16-5-3-4-8-22-16/h3-11H,1-2H3/b7-6+. The Morgan fingerprint density at radius 3 is 2.83 bits per heavy atom. The Labute approximate surface area is 174 Å². The molecule has 29 heavy (non-hydrogen) atoms. The van der Waals surface area contributed by atoms with E-state index < -0.39 is 5.97 Å². The number of methoxy groups -OCH3 is 1. The minimum absolute atomic E-state index is 0.183. The molecule has 0 spiro atoms. The summed E-state index contributed by atoms with van der Waals surface area (Å²) in [5, 5.41) is 3.45. The number of rotatable bonds is 5. The summed E-state index contributed by atoms with van der Waals surface area (Å²) in [6.45, 7) is 1.82. The number of hydrogen-bond acceptors (Lipinski definition) is 8. The third-order valence-corrected chi connectivity index (χ3v) is 6.34. The maximum Gasteiger partial charge on any atom is 0.348 e. The minimum Gasteiger partial charge on any atom is -0.465 e. The van der Waals surface area contributed by atoms with Gasteiger partial charge in [0.05, 0.1) is 18.5 Å². The van der Waals surface area contributed by atoms with Crippen molar-refractivity contribution in [3.63, 3.8) is 0 Å². The molecule has 8 heteroatoms. The molecule has 0 aromatic carbocycles. The van der Waals surface area contributed by atoms with Crippen LogP contribution in [0.15, 0.2) is 48.1 Å². The molecule has 0 N–H and O–H groups in total. The second-order valence-corrected chi connectivity index (χ2v) is 7.97. The van der Waals surface area contributed by atoms with Crippen molar-refractivity contribution in [3.05, 3.63) is 69.8 Å². The first-order valence-corrected chi connectivity index (χ1v) is 10.3. The van der Waals surface area contributed by atoms with E-state index >= 15 is 0 Å². The van der Waals surface area contributed by atoms with Crippen molar-refractivity contribution in [2.45, 2.75) is 6.92 Å². The van der Waals surface area contributed by atoms with Gasteiger partial charge in [0.15, 0.2) is 5.78 Å². The van der Waals surface area contributed by atoms with Gasteiger partial charge in [-0.3, -0.25) is 9.78 Å². The molecule has 0 amide bonds. The second-order valence-electron chi connectivity index (χ2n) is 6.11. The van der Waals surface area contributed by atoms with Crippen LogP contribution >= 0.6 is 22.7 Å². The zero-order valence-electron chi connectivity index (χ0n) is 15.6. The molecule has 4 heterocycles. The number of nitrogens with zero attached hydrogens (tertiary/aromatic N) is 3. The molecule has 0 atom stereocenters. The number of ether oxygens (including phenoxy) is 1. The van der Waals surface area contributed by atoms with Crippen molar-refractivity contribution in [2.24, 2.45) is 0 Å². The molecule has 0 radical (unpaired) electrons. The maximum atomic E-state index is 12.6. The zero-order valence-corrected chi connectivity index (χ0v) is 17.2. The summed E-state index contributed by atoms with van der Waals surface area (Å²) in [6, 6.07) is 7.41. The van der Waals surface area contributed by atoms with E-state index in [9.17, 15) is 9.59 Å². The summed E-state index contributed by atoms with van der Waals surface area (Å²) >= 11 is 2.73. The Kier molecular flexibility index (Phi) is 5.28. The van der Waals surface area contributed by atoms with Gasteiger partial charge in [0.25, 0.3) is 0 Å². The van der Waals surface area contributed by atoms with Crippen LogP contribution in [0.25, 0.3) is 27.0 Å². The molecule has 0 saturated heterocycles. The third kappa shape index (κ3) is 3.85. The molecule has 4 aromatic heterocycles. The first kappa shape index (κ1) is 19.1. The number of fused-ring (bicyclic) bond motifs is 1. The summed E-state index contributed by atoms with van der Waals surface area (Å²) < 4.78 is 4.80. The van der Waals surface area contributed by atoms with E-state index in [1.807, 2.05) is 30.5 Å². The van der Waals surface area contributed by atoms with Gasteiger partial charge in [-0.05, 0) is 42.8 Å². The number of pyridine rings is 2. The van der Waals surface area contributed by atoms with Crippen LogP contribution in [-0.2, 0) is 4.74 Å². The highest BCUT2D eigenvalue weighted by Gasteiger charge is 2.17. The minimum atomic E-state index is -0.398. The van der Waals surface area contributed by atoms with Gasteiger partial charge in [-0.1, -0.05) is 6.07 Å². The van der Waals surface area contributed by atoms with Crippen LogP contribution in [0.2, 0.25) is 0 Å². The average Bonchev–Trinajstić information content (AvgIpc) is 3.37. The zero-order chi connectivity index (χ0) is 20.4. The van der Waals surface area contributed by atoms with Crippen molar-refractivity contribution in [3.8, 4) is 10.7 Å². The van der Waals surface area contributed by atoms with Gasteiger partial charge in [-0.25, -0.2) is 14.8 Å². The Bertz CT molecular complexity index is 1240. The predicted octanol–water partition coefficient (Wildman–Crippen LogP) is 4.81. The van der Waals surface area contributed by atoms with Gasteiger partial charge >= 0.3 is 5.97 Å². The van der Waals surface area contributed by atoms with Crippen LogP contribution in [0.5, 0.6) is 0 Å². The third-order valence-electron chi connectivity index (χ3n) is 4.26. The van der Waals surface area contributed by atoms with Crippen molar-refractivity contribution in [1.29, 1.82) is 0 Å². The molecule has 144 valence electrons. The molecule has 0 bridgehead atoms. The first-order valence-electron chi connectivity index (χ1n) is 8.63. The Morgan fingerprint density at radius 2 is 2.07 bits per heavy atom. The molecule has 0 saturated carbocycles. The molecule has 4 aromatic rings. The lowest BCUT2D eigenvalue weighted by atomic mass is 10.1. The normalized spacial score (nSPS) is 11.2. The number of carbonyl (C=O) groups is 2. The lowest BCUT2D eigenvalue weighted by Gasteiger charge is -1.98. The van der Waals surface area contributed by atoms with Crippen LogP contribution in [-0.4, -0.2) is 33.8 Å². The molecule has 0 unspecified atom stereocenters. The summed E-state index contributed by atoms with van der Waals surface area (Å²) in [5.41, 5.74) is 2.71. The fourth-order valence-electron chi connectivity index (χ4n) is 2.75. The first-order chi connectivity index (χ1) is 14.1. The molecule has 0 aliphatic rings. The maximum absolute atomic E-state index is 12.6. The van der Waals surface area contributed by atoms with Crippen LogP contribution in [0.3, 0.4) is 0 Å². The Balaban J connectivity index is 1.57. The van der Waals surface area contributed by atoms with Crippen LogP contribution < -0.4 is 0 Å². The van der Waals surface area contributed by atoms with Crippen molar-refractivity contribution in [2.75, 3.05) is 7.11 Å². The predicted molar refractivity (Wildman–Crippen MR) is 114 cm³/mol. The number of carbonyl (C=O) groups excluding carboxylic acids is 2. The van der Waals surface area contributed by atoms with E-state index in [0.717, 1.165) is 21.7 Å². The van der Waals surface area contributed by atoms with Crippen LogP contribution in [0, 0.1) is 6.92 Å². The largest absolute Gasteiger partial charge is 0.465 e. The van der Waals surface area contributed by atoms with E-state index in [4.69, 9.17) is 4.74 Å². The lowest BCUT2D eigenvalue weighted by molar-refractivity contribution is 0.0605. The topological polar surface area (TPSA) is 82.0 Å². The van der Waals surface area contributed by atoms with Crippen LogP contribution in [0.4, 0.5) is 0 Å². The van der Waals surface area contributed by atoms with E-state index in [-0.39, 0.29) is 5.78 Å². The highest BCUT2D eigenvalue weighted by Crippen LogP contribution is 2.30. The number of ketones is 1. The smallest absolute Gasteiger partial charge is 0.348 e. The molecular formula is C21H15N3O3S2. The van der Waals surface area contributed by atoms with Crippen molar-refractivity contribution in [1.82, 2.24) is 15.0 Å². The monoisotopic (exact) mass is 421 g/mol. The summed E-state index contributed by atoms with van der Waals surface area (Å²) in [5.74, 6) is -0.581. The molecule has 0 fully saturated rings. The van der Waals surface area contributed by atoms with E-state index in [1.165, 1.54) is 42.1 Å². The van der Waals surface area contributed by atoms with Gasteiger partial charge in [-0.2, -0.15) is 0 Å². The number of allylic oxidation sites excluding steroid dienone is 1. The highest BCUT2D eigenvalue weighted by molar-refractivity contribution is 7.20. The van der Waals surface area contributed by atoms with Gasteiger partial charge in [0.2, 0.25) is 0 Å². The summed E-state index contributed by atoms with van der Waals surface area (Å²) in [6.07, 6.45) is 6.39. The summed E-state index contributed by atoms with van der Waals surface area (Å²) in [4.78, 5) is 38.8. The molecule has 0 aliphatic carbocycles. The molecular weight excluding hydrogens is 406 g/mol. The van der Waals surface area contributed by atoms with Gasteiger partial charge in [0, 0.05) is 28.7 Å². The second kappa shape index (κ2) is 8.02. The summed E-state index contributed by atoms with van der Waals surface area (Å²) in [7, 11) is 1.34. The number of esters is 1. The average molecular weight is 422 g/mol. The van der Waals surface area contributed by atoms with E-state index in [1.54, 1.807) is 18.3 Å². The molecule has 6 nitrogen and oxygen atoms in total. The van der Waals surface area contributed by atoms with Gasteiger partial charge < -0.3 is 4.74 Å². The van der Waals surface area contributed by atoms with Gasteiger partial charge in [-0.15, -0.1) is 22.7 Å². The van der Waals surface area contributed by atoms with Crippen LogP contribution in [0.1, 0.15) is 31.3 Å². The highest BCUT2D eigenvalue weighted by atomic mass is 32.1. The number of hydrogen-bond donors (Lipinski definition) is 0. The van der Waals surface area contributed by atoms with Crippen molar-refractivity contribution < 1.29 is 14.3 Å². The fourth-order valence-corrected chi connectivity index (χ4v) is 4.56. The number of aromatic nitrogens is 3. The molecule has 0 aliphatic heterocycles. The molecule has 4 rings (SSSR count). The fraction of sp³-hybridized carbons (Fsp3) is 0.0952. The quantitative estimate of drug-likeness (QED) is 0.261. The Hall–Kier alpha value is -3.23. The van der Waals surface area contributed by atoms with Gasteiger partial charge in [0.1, 0.15) is 14.7 Å². The van der Waals surface area contributed by atoms with E-state index in [2.05, 4.69) is 15.0 Å². The van der Waals surface area contributed by atoms with E-state index in [0.29, 0.717) is 21.0 Å². The number of aryl methyl sites for hydroxylation is 1. The number of thiazole rings is 1.